The summed E-state index contributed by atoms with van der Waals surface area (Å²) in [6.45, 7) is 0. The molecule has 1 atom stereocenters. The summed E-state index contributed by atoms with van der Waals surface area (Å²) in [5.74, 6) is 0.431. The largest absolute Gasteiger partial charge is 0.375 e. The Hall–Kier alpha value is -1.15. The van der Waals surface area contributed by atoms with Gasteiger partial charge in [0.1, 0.15) is 0 Å². The van der Waals surface area contributed by atoms with Gasteiger partial charge in [0, 0.05) is 18.1 Å². The van der Waals surface area contributed by atoms with Crippen LogP contribution in [-0.4, -0.2) is 10.8 Å². The SMILES string of the molecule is N#CCCC1CCCC/C1=N/NC(N)=S. The molecule has 3 N–H and O–H groups in total. The summed E-state index contributed by atoms with van der Waals surface area (Å²) in [4.78, 5) is 0. The van der Waals surface area contributed by atoms with E-state index in [1.807, 2.05) is 0 Å². The van der Waals surface area contributed by atoms with Gasteiger partial charge in [-0.2, -0.15) is 10.4 Å². The van der Waals surface area contributed by atoms with Gasteiger partial charge in [-0.05, 0) is 37.9 Å². The van der Waals surface area contributed by atoms with E-state index in [4.69, 9.17) is 23.2 Å². The van der Waals surface area contributed by atoms with Crippen molar-refractivity contribution < 1.29 is 0 Å². The molecule has 0 aromatic rings. The highest BCUT2D eigenvalue weighted by Crippen LogP contribution is 2.25. The van der Waals surface area contributed by atoms with Gasteiger partial charge in [0.05, 0.1) is 6.07 Å². The highest BCUT2D eigenvalue weighted by atomic mass is 32.1. The van der Waals surface area contributed by atoms with E-state index in [-0.39, 0.29) is 5.11 Å². The van der Waals surface area contributed by atoms with E-state index in [0.717, 1.165) is 25.0 Å². The first-order valence-electron chi connectivity index (χ1n) is 5.23. The number of nitrogens with one attached hydrogen (secondary N) is 1. The van der Waals surface area contributed by atoms with Crippen LogP contribution < -0.4 is 11.2 Å². The lowest BCUT2D eigenvalue weighted by Gasteiger charge is -2.23. The van der Waals surface area contributed by atoms with Crippen molar-refractivity contribution in [3.8, 4) is 6.07 Å². The number of hydrazone groups is 1. The fourth-order valence-corrected chi connectivity index (χ4v) is 1.94. The van der Waals surface area contributed by atoms with Crippen molar-refractivity contribution in [2.24, 2.45) is 16.8 Å². The van der Waals surface area contributed by atoms with Crippen LogP contribution in [0.15, 0.2) is 5.10 Å². The number of hydrogen-bond donors (Lipinski definition) is 2. The molecule has 1 rings (SSSR count). The lowest BCUT2D eigenvalue weighted by Crippen LogP contribution is -2.28. The van der Waals surface area contributed by atoms with Gasteiger partial charge in [0.2, 0.25) is 0 Å². The topological polar surface area (TPSA) is 74.2 Å². The molecule has 1 aliphatic carbocycles. The van der Waals surface area contributed by atoms with Crippen molar-refractivity contribution in [2.45, 2.75) is 38.5 Å². The number of nitriles is 1. The molecule has 0 heterocycles. The molecule has 5 heteroatoms. The fraction of sp³-hybridized carbons (Fsp3) is 0.700. The number of hydrogen-bond acceptors (Lipinski definition) is 3. The lowest BCUT2D eigenvalue weighted by molar-refractivity contribution is 0.499. The Morgan fingerprint density at radius 3 is 3.13 bits per heavy atom. The third kappa shape index (κ3) is 4.26. The third-order valence-corrected chi connectivity index (χ3v) is 2.71. The molecule has 15 heavy (non-hydrogen) atoms. The molecule has 1 saturated carbocycles. The van der Waals surface area contributed by atoms with Crippen LogP contribution in [0.1, 0.15) is 38.5 Å². The maximum Gasteiger partial charge on any atom is 0.184 e. The first-order valence-corrected chi connectivity index (χ1v) is 5.63. The standard InChI is InChI=1S/C10H16N4S/c11-7-3-5-8-4-1-2-6-9(8)13-14-10(12)15/h8H,1-6H2,(H3,12,14,15)/b13-9-. The molecule has 0 aromatic carbocycles. The summed E-state index contributed by atoms with van der Waals surface area (Å²) in [5.41, 5.74) is 9.07. The number of thiocarbonyl (C=S) groups is 1. The van der Waals surface area contributed by atoms with Crippen molar-refractivity contribution in [3.63, 3.8) is 0 Å². The average molecular weight is 224 g/mol. The molecular weight excluding hydrogens is 208 g/mol. The summed E-state index contributed by atoms with van der Waals surface area (Å²) in [7, 11) is 0. The van der Waals surface area contributed by atoms with Crippen molar-refractivity contribution in [1.82, 2.24) is 5.43 Å². The van der Waals surface area contributed by atoms with Gasteiger partial charge in [0.15, 0.2) is 5.11 Å². The van der Waals surface area contributed by atoms with Gasteiger partial charge in [-0.3, -0.25) is 5.43 Å². The highest BCUT2D eigenvalue weighted by molar-refractivity contribution is 7.80. The van der Waals surface area contributed by atoms with E-state index in [9.17, 15) is 0 Å². The van der Waals surface area contributed by atoms with E-state index in [0.29, 0.717) is 12.3 Å². The Morgan fingerprint density at radius 2 is 2.47 bits per heavy atom. The van der Waals surface area contributed by atoms with E-state index in [1.165, 1.54) is 12.8 Å². The third-order valence-electron chi connectivity index (χ3n) is 2.62. The normalized spacial score (nSPS) is 23.4. The van der Waals surface area contributed by atoms with E-state index < -0.39 is 0 Å². The van der Waals surface area contributed by atoms with Crippen LogP contribution in [0, 0.1) is 17.2 Å². The predicted octanol–water partition coefficient (Wildman–Crippen LogP) is 1.67. The number of nitrogens with zero attached hydrogens (tertiary/aromatic N) is 2. The van der Waals surface area contributed by atoms with Crippen molar-refractivity contribution in [3.05, 3.63) is 0 Å². The molecule has 0 saturated heterocycles. The summed E-state index contributed by atoms with van der Waals surface area (Å²) in [5, 5.41) is 13.0. The molecular formula is C10H16N4S. The second kappa shape index (κ2) is 6.36. The zero-order valence-corrected chi connectivity index (χ0v) is 9.52. The summed E-state index contributed by atoms with van der Waals surface area (Å²) in [6.07, 6.45) is 6.00. The van der Waals surface area contributed by atoms with Crippen LogP contribution in [-0.2, 0) is 0 Å². The van der Waals surface area contributed by atoms with Crippen LogP contribution in [0.5, 0.6) is 0 Å². The number of nitrogens with two attached hydrogens (primary N) is 1. The summed E-state index contributed by atoms with van der Waals surface area (Å²) in [6, 6.07) is 2.17. The van der Waals surface area contributed by atoms with E-state index >= 15 is 0 Å². The minimum atomic E-state index is 0.201. The van der Waals surface area contributed by atoms with Crippen LogP contribution >= 0.6 is 12.2 Å². The van der Waals surface area contributed by atoms with Crippen molar-refractivity contribution in [2.75, 3.05) is 0 Å². The van der Waals surface area contributed by atoms with Crippen LogP contribution in [0.4, 0.5) is 0 Å². The predicted molar refractivity (Wildman–Crippen MR) is 64.2 cm³/mol. The fourth-order valence-electron chi connectivity index (χ4n) is 1.89. The molecule has 4 nitrogen and oxygen atoms in total. The zero-order chi connectivity index (χ0) is 11.1. The first kappa shape index (κ1) is 11.9. The second-order valence-electron chi connectivity index (χ2n) is 3.72. The molecule has 1 fully saturated rings. The molecule has 0 amide bonds. The Labute approximate surface area is 95.5 Å². The minimum absolute atomic E-state index is 0.201. The molecule has 0 aromatic heterocycles. The maximum absolute atomic E-state index is 8.56. The second-order valence-corrected chi connectivity index (χ2v) is 4.16. The van der Waals surface area contributed by atoms with E-state index in [1.54, 1.807) is 0 Å². The van der Waals surface area contributed by atoms with Gasteiger partial charge >= 0.3 is 0 Å². The monoisotopic (exact) mass is 224 g/mol. The highest BCUT2D eigenvalue weighted by Gasteiger charge is 2.20. The smallest absolute Gasteiger partial charge is 0.184 e. The quantitative estimate of drug-likeness (QED) is 0.565. The molecule has 0 radical (unpaired) electrons. The van der Waals surface area contributed by atoms with Crippen molar-refractivity contribution in [1.29, 1.82) is 5.26 Å². The van der Waals surface area contributed by atoms with Crippen LogP contribution in [0.2, 0.25) is 0 Å². The minimum Gasteiger partial charge on any atom is -0.375 e. The maximum atomic E-state index is 8.56. The molecule has 0 aliphatic heterocycles. The van der Waals surface area contributed by atoms with Gasteiger partial charge < -0.3 is 5.73 Å². The Kier molecular flexibility index (Phi) is 5.05. The van der Waals surface area contributed by atoms with Gasteiger partial charge in [0.25, 0.3) is 0 Å². The van der Waals surface area contributed by atoms with Crippen LogP contribution in [0.25, 0.3) is 0 Å². The first-order chi connectivity index (χ1) is 7.24. The molecule has 1 unspecified atom stereocenters. The van der Waals surface area contributed by atoms with Crippen LogP contribution in [0.3, 0.4) is 0 Å². The molecule has 1 aliphatic rings. The number of rotatable bonds is 3. The summed E-state index contributed by atoms with van der Waals surface area (Å²) >= 11 is 4.70. The summed E-state index contributed by atoms with van der Waals surface area (Å²) < 4.78 is 0. The Bertz CT molecular complexity index is 292. The van der Waals surface area contributed by atoms with Crippen molar-refractivity contribution >= 4 is 23.0 Å². The molecule has 0 spiro atoms. The Morgan fingerprint density at radius 1 is 1.67 bits per heavy atom. The molecule has 0 bridgehead atoms. The van der Waals surface area contributed by atoms with Gasteiger partial charge in [-0.15, -0.1) is 0 Å². The molecule has 82 valence electrons. The van der Waals surface area contributed by atoms with E-state index in [2.05, 4.69) is 16.6 Å². The van der Waals surface area contributed by atoms with Gasteiger partial charge in [-0.1, -0.05) is 6.42 Å². The lowest BCUT2D eigenvalue weighted by atomic mass is 9.84. The average Bonchev–Trinajstić information content (AvgIpc) is 2.24. The zero-order valence-electron chi connectivity index (χ0n) is 8.70. The Balaban J connectivity index is 2.53. The van der Waals surface area contributed by atoms with Gasteiger partial charge in [-0.25, -0.2) is 0 Å².